The lowest BCUT2D eigenvalue weighted by molar-refractivity contribution is -0.116. The quantitative estimate of drug-likeness (QED) is 0.665. The van der Waals surface area contributed by atoms with Gasteiger partial charge in [-0.15, -0.1) is 0 Å². The minimum Gasteiger partial charge on any atom is -0.399 e. The van der Waals surface area contributed by atoms with Gasteiger partial charge in [-0.25, -0.2) is 4.39 Å². The lowest BCUT2D eigenvalue weighted by Crippen LogP contribution is -2.37. The Kier molecular flexibility index (Phi) is 3.53. The van der Waals surface area contributed by atoms with E-state index in [0.717, 1.165) is 11.0 Å². The van der Waals surface area contributed by atoms with Crippen LogP contribution < -0.4 is 11.1 Å². The Hall–Kier alpha value is -3.22. The Bertz CT molecular complexity index is 800. The van der Waals surface area contributed by atoms with E-state index in [1.165, 1.54) is 24.3 Å². The van der Waals surface area contributed by atoms with Crippen LogP contribution in [-0.4, -0.2) is 29.2 Å². The SMILES string of the molecule is Nc1ccc(F)c(NC(=O)CN2C(=O)c3ccccc3C2=O)c1. The Labute approximate surface area is 130 Å². The largest absolute Gasteiger partial charge is 0.399 e. The third-order valence-corrected chi connectivity index (χ3v) is 3.44. The molecule has 0 saturated carbocycles. The topological polar surface area (TPSA) is 92.5 Å². The van der Waals surface area contributed by atoms with Crippen LogP contribution in [0, 0.1) is 5.82 Å². The number of anilines is 2. The third-order valence-electron chi connectivity index (χ3n) is 3.44. The number of benzene rings is 2. The van der Waals surface area contributed by atoms with Crippen molar-refractivity contribution in [2.24, 2.45) is 0 Å². The molecule has 0 bridgehead atoms. The number of halogens is 1. The number of hydrogen-bond donors (Lipinski definition) is 2. The summed E-state index contributed by atoms with van der Waals surface area (Å²) in [7, 11) is 0. The van der Waals surface area contributed by atoms with Crippen molar-refractivity contribution in [3.8, 4) is 0 Å². The molecule has 0 spiro atoms. The van der Waals surface area contributed by atoms with Gasteiger partial charge >= 0.3 is 0 Å². The summed E-state index contributed by atoms with van der Waals surface area (Å²) in [6, 6.07) is 10.0. The van der Waals surface area contributed by atoms with Gasteiger partial charge in [-0.05, 0) is 30.3 Å². The van der Waals surface area contributed by atoms with Crippen LogP contribution in [0.2, 0.25) is 0 Å². The molecule has 2 aromatic rings. The van der Waals surface area contributed by atoms with E-state index in [9.17, 15) is 18.8 Å². The van der Waals surface area contributed by atoms with E-state index >= 15 is 0 Å². The van der Waals surface area contributed by atoms with Crippen LogP contribution in [0.4, 0.5) is 15.8 Å². The van der Waals surface area contributed by atoms with Gasteiger partial charge in [0.2, 0.25) is 5.91 Å². The smallest absolute Gasteiger partial charge is 0.262 e. The van der Waals surface area contributed by atoms with Crippen LogP contribution in [-0.2, 0) is 4.79 Å². The summed E-state index contributed by atoms with van der Waals surface area (Å²) in [6.07, 6.45) is 0. The van der Waals surface area contributed by atoms with Crippen molar-refractivity contribution < 1.29 is 18.8 Å². The highest BCUT2D eigenvalue weighted by atomic mass is 19.1. The van der Waals surface area contributed by atoms with E-state index in [1.54, 1.807) is 12.1 Å². The molecular formula is C16H12FN3O3. The van der Waals surface area contributed by atoms with E-state index in [0.29, 0.717) is 0 Å². The Morgan fingerprint density at radius 3 is 2.30 bits per heavy atom. The molecule has 0 fully saturated rings. The first-order chi connectivity index (χ1) is 11.0. The van der Waals surface area contributed by atoms with Gasteiger partial charge in [-0.2, -0.15) is 0 Å². The Morgan fingerprint density at radius 1 is 1.09 bits per heavy atom. The normalized spacial score (nSPS) is 13.2. The van der Waals surface area contributed by atoms with Crippen LogP contribution in [0.5, 0.6) is 0 Å². The number of fused-ring (bicyclic) bond motifs is 1. The number of rotatable bonds is 3. The molecule has 6 nitrogen and oxygen atoms in total. The van der Waals surface area contributed by atoms with Crippen molar-refractivity contribution in [3.05, 3.63) is 59.4 Å². The predicted octanol–water partition coefficient (Wildman–Crippen LogP) is 1.64. The minimum atomic E-state index is -0.691. The maximum atomic E-state index is 13.6. The number of nitrogens with two attached hydrogens (primary N) is 1. The number of nitrogens with zero attached hydrogens (tertiary/aromatic N) is 1. The van der Waals surface area contributed by atoms with Crippen molar-refractivity contribution in [2.45, 2.75) is 0 Å². The zero-order chi connectivity index (χ0) is 16.6. The van der Waals surface area contributed by atoms with Crippen LogP contribution in [0.15, 0.2) is 42.5 Å². The molecule has 3 amide bonds. The fourth-order valence-electron chi connectivity index (χ4n) is 2.35. The lowest BCUT2D eigenvalue weighted by atomic mass is 10.1. The molecule has 0 aromatic heterocycles. The van der Waals surface area contributed by atoms with Gasteiger partial charge in [0.25, 0.3) is 11.8 Å². The molecule has 0 atom stereocenters. The first-order valence-corrected chi connectivity index (χ1v) is 6.77. The first-order valence-electron chi connectivity index (χ1n) is 6.77. The molecule has 1 heterocycles. The molecule has 7 heteroatoms. The van der Waals surface area contributed by atoms with Gasteiger partial charge in [0.1, 0.15) is 12.4 Å². The van der Waals surface area contributed by atoms with Crippen LogP contribution >= 0.6 is 0 Å². The van der Waals surface area contributed by atoms with Crippen molar-refractivity contribution in [1.82, 2.24) is 4.90 Å². The van der Waals surface area contributed by atoms with Crippen LogP contribution in [0.3, 0.4) is 0 Å². The molecular weight excluding hydrogens is 301 g/mol. The summed E-state index contributed by atoms with van der Waals surface area (Å²) in [6.45, 7) is -0.499. The highest BCUT2D eigenvalue weighted by molar-refractivity contribution is 6.22. The van der Waals surface area contributed by atoms with E-state index in [-0.39, 0.29) is 22.5 Å². The zero-order valence-corrected chi connectivity index (χ0v) is 11.9. The molecule has 23 heavy (non-hydrogen) atoms. The molecule has 0 unspecified atom stereocenters. The Balaban J connectivity index is 1.76. The molecule has 116 valence electrons. The van der Waals surface area contributed by atoms with E-state index in [1.807, 2.05) is 0 Å². The summed E-state index contributed by atoms with van der Waals surface area (Å²) in [5.41, 5.74) is 6.21. The summed E-state index contributed by atoms with van der Waals surface area (Å²) in [5.74, 6) is -2.44. The standard InChI is InChI=1S/C16H12FN3O3/c17-12-6-5-9(18)7-13(12)19-14(21)8-20-15(22)10-3-1-2-4-11(10)16(20)23/h1-7H,8,18H2,(H,19,21). The second-order valence-corrected chi connectivity index (χ2v) is 5.03. The van der Waals surface area contributed by atoms with Gasteiger partial charge in [-0.1, -0.05) is 12.1 Å². The summed E-state index contributed by atoms with van der Waals surface area (Å²) in [4.78, 5) is 37.1. The van der Waals surface area contributed by atoms with E-state index < -0.39 is 30.1 Å². The van der Waals surface area contributed by atoms with Crippen LogP contribution in [0.1, 0.15) is 20.7 Å². The maximum absolute atomic E-state index is 13.6. The van der Waals surface area contributed by atoms with E-state index in [4.69, 9.17) is 5.73 Å². The number of imide groups is 1. The van der Waals surface area contributed by atoms with Gasteiger partial charge in [0.05, 0.1) is 16.8 Å². The van der Waals surface area contributed by atoms with Crippen molar-refractivity contribution in [3.63, 3.8) is 0 Å². The second kappa shape index (κ2) is 5.53. The number of amides is 3. The second-order valence-electron chi connectivity index (χ2n) is 5.03. The van der Waals surface area contributed by atoms with E-state index in [2.05, 4.69) is 5.32 Å². The minimum absolute atomic E-state index is 0.105. The number of nitrogen functional groups attached to an aromatic ring is 1. The molecule has 2 aromatic carbocycles. The number of carbonyl (C=O) groups excluding carboxylic acids is 3. The fourth-order valence-corrected chi connectivity index (χ4v) is 2.35. The number of nitrogens with one attached hydrogen (secondary N) is 1. The van der Waals surface area contributed by atoms with Gasteiger partial charge in [0, 0.05) is 5.69 Å². The van der Waals surface area contributed by atoms with Crippen molar-refractivity contribution >= 4 is 29.1 Å². The summed E-state index contributed by atoms with van der Waals surface area (Å²) < 4.78 is 13.6. The Morgan fingerprint density at radius 2 is 1.70 bits per heavy atom. The summed E-state index contributed by atoms with van der Waals surface area (Å²) >= 11 is 0. The average molecular weight is 313 g/mol. The number of carbonyl (C=O) groups is 3. The molecule has 3 rings (SSSR count). The molecule has 3 N–H and O–H groups in total. The zero-order valence-electron chi connectivity index (χ0n) is 11.9. The molecule has 1 aliphatic rings. The van der Waals surface area contributed by atoms with Crippen molar-refractivity contribution in [2.75, 3.05) is 17.6 Å². The summed E-state index contributed by atoms with van der Waals surface area (Å²) in [5, 5.41) is 2.31. The van der Waals surface area contributed by atoms with Gasteiger partial charge in [0.15, 0.2) is 0 Å². The maximum Gasteiger partial charge on any atom is 0.262 e. The molecule has 0 radical (unpaired) electrons. The molecule has 0 saturated heterocycles. The van der Waals surface area contributed by atoms with Crippen LogP contribution in [0.25, 0.3) is 0 Å². The molecule has 1 aliphatic heterocycles. The average Bonchev–Trinajstić information content (AvgIpc) is 2.76. The lowest BCUT2D eigenvalue weighted by Gasteiger charge is -2.14. The van der Waals surface area contributed by atoms with Crippen molar-refractivity contribution in [1.29, 1.82) is 0 Å². The monoisotopic (exact) mass is 313 g/mol. The van der Waals surface area contributed by atoms with Gasteiger partial charge < -0.3 is 11.1 Å². The highest BCUT2D eigenvalue weighted by Crippen LogP contribution is 2.22. The predicted molar refractivity (Wildman–Crippen MR) is 81.3 cm³/mol. The highest BCUT2D eigenvalue weighted by Gasteiger charge is 2.36. The fraction of sp³-hybridized carbons (Fsp3) is 0.0625. The van der Waals surface area contributed by atoms with Gasteiger partial charge in [-0.3, -0.25) is 19.3 Å². The number of hydrogen-bond acceptors (Lipinski definition) is 4. The molecule has 0 aliphatic carbocycles. The first kappa shape index (κ1) is 14.7. The third kappa shape index (κ3) is 2.64.